The second-order valence-corrected chi connectivity index (χ2v) is 5.58. The van der Waals surface area contributed by atoms with Crippen LogP contribution < -0.4 is 4.90 Å². The van der Waals surface area contributed by atoms with Crippen LogP contribution in [-0.2, 0) is 0 Å². The van der Waals surface area contributed by atoms with Crippen molar-refractivity contribution in [2.75, 3.05) is 31.1 Å². The maximum atomic E-state index is 9.07. The number of anilines is 1. The van der Waals surface area contributed by atoms with Crippen molar-refractivity contribution in [1.82, 2.24) is 9.88 Å². The van der Waals surface area contributed by atoms with E-state index in [1.165, 1.54) is 32.4 Å². The summed E-state index contributed by atoms with van der Waals surface area (Å²) < 4.78 is 0. The average molecular weight is 256 g/mol. The van der Waals surface area contributed by atoms with Crippen LogP contribution in [-0.4, -0.2) is 42.1 Å². The summed E-state index contributed by atoms with van der Waals surface area (Å²) in [4.78, 5) is 9.41. The van der Waals surface area contributed by atoms with Crippen LogP contribution in [0.5, 0.6) is 0 Å². The first-order valence-corrected chi connectivity index (χ1v) is 7.14. The quantitative estimate of drug-likeness (QED) is 0.811. The van der Waals surface area contributed by atoms with Gasteiger partial charge < -0.3 is 4.90 Å². The van der Waals surface area contributed by atoms with Gasteiger partial charge in [0.05, 0.1) is 0 Å². The molecule has 0 aromatic carbocycles. The van der Waals surface area contributed by atoms with Crippen LogP contribution in [0.4, 0.5) is 5.82 Å². The Labute approximate surface area is 114 Å². The number of pyridine rings is 1. The van der Waals surface area contributed by atoms with E-state index in [-0.39, 0.29) is 0 Å². The molecule has 1 aromatic rings. The molecule has 4 nitrogen and oxygen atoms in total. The van der Waals surface area contributed by atoms with E-state index in [1.54, 1.807) is 0 Å². The number of hydrogen-bond acceptors (Lipinski definition) is 4. The average Bonchev–Trinajstić information content (AvgIpc) is 3.10. The second kappa shape index (κ2) is 5.18. The van der Waals surface area contributed by atoms with Crippen molar-refractivity contribution >= 4 is 5.82 Å². The number of rotatable bonds is 2. The van der Waals surface area contributed by atoms with Gasteiger partial charge in [0.1, 0.15) is 17.6 Å². The first-order valence-electron chi connectivity index (χ1n) is 7.14. The van der Waals surface area contributed by atoms with Crippen molar-refractivity contribution in [1.29, 1.82) is 5.26 Å². The van der Waals surface area contributed by atoms with E-state index in [4.69, 9.17) is 5.26 Å². The third-order valence-corrected chi connectivity index (χ3v) is 4.33. The minimum absolute atomic E-state index is 0.558. The Bertz CT molecular complexity index is 499. The predicted octanol–water partition coefficient (Wildman–Crippen LogP) is 1.94. The first kappa shape index (κ1) is 12.4. The normalized spacial score (nSPS) is 23.8. The SMILES string of the molecule is Cc1ccc(N2CCC(N3CCCC3)C2)nc1C#N. The largest absolute Gasteiger partial charge is 0.355 e. The molecule has 0 N–H and O–H groups in total. The molecule has 0 bridgehead atoms. The van der Waals surface area contributed by atoms with Crippen molar-refractivity contribution in [3.63, 3.8) is 0 Å². The summed E-state index contributed by atoms with van der Waals surface area (Å²) >= 11 is 0. The minimum atomic E-state index is 0.558. The van der Waals surface area contributed by atoms with Crippen molar-refractivity contribution in [2.24, 2.45) is 0 Å². The van der Waals surface area contributed by atoms with E-state index in [9.17, 15) is 0 Å². The molecule has 19 heavy (non-hydrogen) atoms. The van der Waals surface area contributed by atoms with Gasteiger partial charge in [-0.3, -0.25) is 4.90 Å². The number of aryl methyl sites for hydroxylation is 1. The number of hydrogen-bond donors (Lipinski definition) is 0. The summed E-state index contributed by atoms with van der Waals surface area (Å²) in [5, 5.41) is 9.07. The van der Waals surface area contributed by atoms with E-state index < -0.39 is 0 Å². The number of nitriles is 1. The number of aromatic nitrogens is 1. The van der Waals surface area contributed by atoms with Crippen molar-refractivity contribution < 1.29 is 0 Å². The van der Waals surface area contributed by atoms with Gasteiger partial charge in [0.2, 0.25) is 0 Å². The van der Waals surface area contributed by atoms with Crippen LogP contribution in [0.15, 0.2) is 12.1 Å². The molecule has 0 spiro atoms. The molecule has 0 amide bonds. The number of likely N-dealkylation sites (tertiary alicyclic amines) is 1. The van der Waals surface area contributed by atoms with Gasteiger partial charge in [-0.25, -0.2) is 4.98 Å². The van der Waals surface area contributed by atoms with Gasteiger partial charge in [0.15, 0.2) is 0 Å². The van der Waals surface area contributed by atoms with E-state index in [0.29, 0.717) is 11.7 Å². The molecular weight excluding hydrogens is 236 g/mol. The molecule has 0 aliphatic carbocycles. The van der Waals surface area contributed by atoms with Crippen LogP contribution in [0.1, 0.15) is 30.5 Å². The molecule has 2 aliphatic heterocycles. The third-order valence-electron chi connectivity index (χ3n) is 4.33. The molecule has 2 saturated heterocycles. The van der Waals surface area contributed by atoms with E-state index in [2.05, 4.69) is 20.9 Å². The van der Waals surface area contributed by atoms with E-state index >= 15 is 0 Å². The van der Waals surface area contributed by atoms with Gasteiger partial charge in [-0.1, -0.05) is 6.07 Å². The molecule has 100 valence electrons. The highest BCUT2D eigenvalue weighted by Gasteiger charge is 2.29. The summed E-state index contributed by atoms with van der Waals surface area (Å²) in [5.41, 5.74) is 1.52. The third kappa shape index (κ3) is 2.43. The van der Waals surface area contributed by atoms with Crippen molar-refractivity contribution in [2.45, 2.75) is 32.2 Å². The van der Waals surface area contributed by atoms with Crippen LogP contribution in [0.2, 0.25) is 0 Å². The minimum Gasteiger partial charge on any atom is -0.355 e. The Hall–Kier alpha value is -1.60. The maximum Gasteiger partial charge on any atom is 0.145 e. The standard InChI is InChI=1S/C15H20N4/c1-12-4-5-15(17-14(12)10-16)19-9-6-13(11-19)18-7-2-3-8-18/h4-5,13H,2-3,6-9,11H2,1H3. The van der Waals surface area contributed by atoms with Crippen molar-refractivity contribution in [3.8, 4) is 6.07 Å². The Morgan fingerprint density at radius 1 is 1.26 bits per heavy atom. The summed E-state index contributed by atoms with van der Waals surface area (Å²) in [6, 6.07) is 6.90. The maximum absolute atomic E-state index is 9.07. The topological polar surface area (TPSA) is 43.2 Å². The summed E-state index contributed by atoms with van der Waals surface area (Å²) in [6.07, 6.45) is 3.91. The van der Waals surface area contributed by atoms with Crippen LogP contribution in [0.25, 0.3) is 0 Å². The van der Waals surface area contributed by atoms with Gasteiger partial charge in [0.25, 0.3) is 0 Å². The van der Waals surface area contributed by atoms with Gasteiger partial charge in [-0.2, -0.15) is 5.26 Å². The lowest BCUT2D eigenvalue weighted by molar-refractivity contribution is 0.260. The lowest BCUT2D eigenvalue weighted by Crippen LogP contribution is -2.35. The lowest BCUT2D eigenvalue weighted by atomic mass is 10.2. The fourth-order valence-corrected chi connectivity index (χ4v) is 3.16. The van der Waals surface area contributed by atoms with E-state index in [1.807, 2.05) is 19.1 Å². The predicted molar refractivity (Wildman–Crippen MR) is 75.1 cm³/mol. The summed E-state index contributed by atoms with van der Waals surface area (Å²) in [5.74, 6) is 0.962. The lowest BCUT2D eigenvalue weighted by Gasteiger charge is -2.24. The number of nitrogens with zero attached hydrogens (tertiary/aromatic N) is 4. The second-order valence-electron chi connectivity index (χ2n) is 5.58. The molecular formula is C15H20N4. The molecule has 0 radical (unpaired) electrons. The molecule has 0 saturated carbocycles. The van der Waals surface area contributed by atoms with Crippen LogP contribution in [0, 0.1) is 18.3 Å². The molecule has 1 atom stereocenters. The molecule has 2 fully saturated rings. The van der Waals surface area contributed by atoms with Crippen LogP contribution >= 0.6 is 0 Å². The Kier molecular flexibility index (Phi) is 3.39. The zero-order valence-electron chi connectivity index (χ0n) is 11.5. The molecule has 3 heterocycles. The van der Waals surface area contributed by atoms with Gasteiger partial charge in [0, 0.05) is 19.1 Å². The zero-order valence-corrected chi connectivity index (χ0v) is 11.5. The van der Waals surface area contributed by atoms with Gasteiger partial charge >= 0.3 is 0 Å². The van der Waals surface area contributed by atoms with E-state index in [0.717, 1.165) is 24.5 Å². The zero-order chi connectivity index (χ0) is 13.2. The molecule has 2 aliphatic rings. The fraction of sp³-hybridized carbons (Fsp3) is 0.600. The highest BCUT2D eigenvalue weighted by atomic mass is 15.3. The van der Waals surface area contributed by atoms with Gasteiger partial charge in [-0.05, 0) is 50.9 Å². The molecule has 4 heteroatoms. The Morgan fingerprint density at radius 2 is 2.05 bits per heavy atom. The smallest absolute Gasteiger partial charge is 0.145 e. The first-order chi connectivity index (χ1) is 9.28. The fourth-order valence-electron chi connectivity index (χ4n) is 3.16. The van der Waals surface area contributed by atoms with Gasteiger partial charge in [-0.15, -0.1) is 0 Å². The summed E-state index contributed by atoms with van der Waals surface area (Å²) in [7, 11) is 0. The monoisotopic (exact) mass is 256 g/mol. The Morgan fingerprint density at radius 3 is 2.79 bits per heavy atom. The summed E-state index contributed by atoms with van der Waals surface area (Å²) in [6.45, 7) is 6.56. The molecule has 1 aromatic heterocycles. The van der Waals surface area contributed by atoms with Crippen LogP contribution in [0.3, 0.4) is 0 Å². The molecule has 3 rings (SSSR count). The highest BCUT2D eigenvalue weighted by Crippen LogP contribution is 2.24. The Balaban J connectivity index is 1.72. The van der Waals surface area contributed by atoms with Crippen molar-refractivity contribution in [3.05, 3.63) is 23.4 Å². The molecule has 1 unspecified atom stereocenters. The highest BCUT2D eigenvalue weighted by molar-refractivity contribution is 5.45.